The molecule has 5 heteroatoms. The normalized spacial score (nSPS) is 11.3. The first kappa shape index (κ1) is 14.2. The molecule has 0 aliphatic heterocycles. The Bertz CT molecular complexity index is 579. The average molecular weight is 282 g/mol. The molecule has 0 bridgehead atoms. The maximum Gasteiger partial charge on any atom is 0.416 e. The van der Waals surface area contributed by atoms with Gasteiger partial charge in [0.15, 0.2) is 11.5 Å². The van der Waals surface area contributed by atoms with E-state index in [-0.39, 0.29) is 12.4 Å². The van der Waals surface area contributed by atoms with Gasteiger partial charge in [0.1, 0.15) is 0 Å². The first-order valence-corrected chi connectivity index (χ1v) is 6.04. The van der Waals surface area contributed by atoms with Gasteiger partial charge >= 0.3 is 6.18 Å². The Balaban J connectivity index is 1.97. The molecule has 0 fully saturated rings. The zero-order valence-corrected chi connectivity index (χ0v) is 10.5. The van der Waals surface area contributed by atoms with Crippen molar-refractivity contribution in [2.24, 2.45) is 0 Å². The third-order valence-corrected chi connectivity index (χ3v) is 2.77. The minimum absolute atomic E-state index is 0.0107. The molecule has 0 saturated carbocycles. The standard InChI is InChI=1S/C15H13F3O2/c16-15(17,18)12-5-3-4-11(10-12)8-9-20-14-7-2-1-6-13(14)19/h1-7,10,19H,8-9H2. The summed E-state index contributed by atoms with van der Waals surface area (Å²) < 4.78 is 43.0. The van der Waals surface area contributed by atoms with Crippen LogP contribution in [0.4, 0.5) is 13.2 Å². The number of hydrogen-bond acceptors (Lipinski definition) is 2. The van der Waals surface area contributed by atoms with E-state index in [0.717, 1.165) is 12.1 Å². The molecule has 0 amide bonds. The number of halogens is 3. The number of phenols is 1. The summed E-state index contributed by atoms with van der Waals surface area (Å²) in [6.45, 7) is 0.193. The number of hydrogen-bond donors (Lipinski definition) is 1. The molecule has 0 aromatic heterocycles. The SMILES string of the molecule is Oc1ccccc1OCCc1cccc(C(F)(F)F)c1. The van der Waals surface area contributed by atoms with E-state index in [2.05, 4.69) is 0 Å². The van der Waals surface area contributed by atoms with Crippen molar-refractivity contribution in [1.29, 1.82) is 0 Å². The lowest BCUT2D eigenvalue weighted by Crippen LogP contribution is -2.07. The van der Waals surface area contributed by atoms with Gasteiger partial charge in [0.05, 0.1) is 12.2 Å². The van der Waals surface area contributed by atoms with Gasteiger partial charge in [-0.1, -0.05) is 30.3 Å². The number of phenolic OH excluding ortho intramolecular Hbond substituents is 1. The van der Waals surface area contributed by atoms with Crippen LogP contribution >= 0.6 is 0 Å². The van der Waals surface area contributed by atoms with E-state index >= 15 is 0 Å². The molecule has 0 radical (unpaired) electrons. The largest absolute Gasteiger partial charge is 0.504 e. The molecular weight excluding hydrogens is 269 g/mol. The number of benzene rings is 2. The van der Waals surface area contributed by atoms with Crippen molar-refractivity contribution >= 4 is 0 Å². The monoisotopic (exact) mass is 282 g/mol. The number of alkyl halides is 3. The lowest BCUT2D eigenvalue weighted by Gasteiger charge is -2.10. The topological polar surface area (TPSA) is 29.5 Å². The second-order valence-corrected chi connectivity index (χ2v) is 4.26. The molecule has 0 atom stereocenters. The molecule has 1 N–H and O–H groups in total. The van der Waals surface area contributed by atoms with E-state index in [1.165, 1.54) is 12.1 Å². The van der Waals surface area contributed by atoms with Crippen molar-refractivity contribution in [2.45, 2.75) is 12.6 Å². The maximum absolute atomic E-state index is 12.5. The molecule has 0 heterocycles. The molecule has 2 rings (SSSR count). The van der Waals surface area contributed by atoms with Gasteiger partial charge in [0.25, 0.3) is 0 Å². The summed E-state index contributed by atoms with van der Waals surface area (Å²) in [4.78, 5) is 0. The van der Waals surface area contributed by atoms with Gasteiger partial charge in [-0.2, -0.15) is 13.2 Å². The van der Waals surface area contributed by atoms with E-state index in [1.807, 2.05) is 0 Å². The molecule has 0 saturated heterocycles. The molecular formula is C15H13F3O2. The molecule has 2 aromatic carbocycles. The van der Waals surface area contributed by atoms with Gasteiger partial charge in [0.2, 0.25) is 0 Å². The zero-order chi connectivity index (χ0) is 14.6. The quantitative estimate of drug-likeness (QED) is 0.917. The Morgan fingerprint density at radius 3 is 2.45 bits per heavy atom. The van der Waals surface area contributed by atoms with Gasteiger partial charge < -0.3 is 9.84 Å². The van der Waals surface area contributed by atoms with Crippen molar-refractivity contribution in [3.63, 3.8) is 0 Å². The second kappa shape index (κ2) is 5.86. The van der Waals surface area contributed by atoms with Crippen LogP contribution in [0.25, 0.3) is 0 Å². The van der Waals surface area contributed by atoms with Crippen LogP contribution in [0.2, 0.25) is 0 Å². The molecule has 0 aliphatic rings. The van der Waals surface area contributed by atoms with Gasteiger partial charge in [-0.3, -0.25) is 0 Å². The number of ether oxygens (including phenoxy) is 1. The van der Waals surface area contributed by atoms with Crippen molar-refractivity contribution < 1.29 is 23.0 Å². The highest BCUT2D eigenvalue weighted by atomic mass is 19.4. The van der Waals surface area contributed by atoms with Crippen molar-refractivity contribution in [1.82, 2.24) is 0 Å². The molecule has 0 aliphatic carbocycles. The maximum atomic E-state index is 12.5. The second-order valence-electron chi connectivity index (χ2n) is 4.26. The van der Waals surface area contributed by atoms with Crippen LogP contribution in [0.15, 0.2) is 48.5 Å². The number of rotatable bonds is 4. The summed E-state index contributed by atoms with van der Waals surface area (Å²) in [5.74, 6) is 0.330. The van der Waals surface area contributed by atoms with E-state index < -0.39 is 11.7 Å². The highest BCUT2D eigenvalue weighted by Crippen LogP contribution is 2.29. The van der Waals surface area contributed by atoms with Crippen LogP contribution in [0, 0.1) is 0 Å². The first-order valence-electron chi connectivity index (χ1n) is 6.04. The number of para-hydroxylation sites is 2. The van der Waals surface area contributed by atoms with E-state index in [4.69, 9.17) is 4.74 Å². The summed E-state index contributed by atoms with van der Waals surface area (Å²) in [5, 5.41) is 9.48. The third kappa shape index (κ3) is 3.66. The minimum Gasteiger partial charge on any atom is -0.504 e. The van der Waals surface area contributed by atoms with E-state index in [9.17, 15) is 18.3 Å². The average Bonchev–Trinajstić information content (AvgIpc) is 2.40. The first-order chi connectivity index (χ1) is 9.47. The lowest BCUT2D eigenvalue weighted by molar-refractivity contribution is -0.137. The summed E-state index contributed by atoms with van der Waals surface area (Å²) in [6.07, 6.45) is -4.01. The Kier molecular flexibility index (Phi) is 4.17. The Labute approximate surface area is 114 Å². The highest BCUT2D eigenvalue weighted by Gasteiger charge is 2.30. The predicted octanol–water partition coefficient (Wildman–Crippen LogP) is 4.03. The molecule has 2 aromatic rings. The van der Waals surface area contributed by atoms with E-state index in [1.54, 1.807) is 24.3 Å². The third-order valence-electron chi connectivity index (χ3n) is 2.77. The van der Waals surface area contributed by atoms with Crippen molar-refractivity contribution in [2.75, 3.05) is 6.61 Å². The molecule has 2 nitrogen and oxygen atoms in total. The summed E-state index contributed by atoms with van der Waals surface area (Å²) in [5.41, 5.74) is -0.132. The van der Waals surface area contributed by atoms with Crippen LogP contribution in [0.3, 0.4) is 0 Å². The highest BCUT2D eigenvalue weighted by molar-refractivity contribution is 5.38. The van der Waals surface area contributed by atoms with Crippen LogP contribution in [0.5, 0.6) is 11.5 Å². The lowest BCUT2D eigenvalue weighted by atomic mass is 10.1. The summed E-state index contributed by atoms with van der Waals surface area (Å²) in [6, 6.07) is 11.6. The predicted molar refractivity (Wildman–Crippen MR) is 68.7 cm³/mol. The van der Waals surface area contributed by atoms with Gasteiger partial charge in [-0.15, -0.1) is 0 Å². The van der Waals surface area contributed by atoms with Crippen LogP contribution < -0.4 is 4.74 Å². The Morgan fingerprint density at radius 1 is 1.00 bits per heavy atom. The van der Waals surface area contributed by atoms with Crippen molar-refractivity contribution in [3.05, 3.63) is 59.7 Å². The smallest absolute Gasteiger partial charge is 0.416 e. The fourth-order valence-corrected chi connectivity index (χ4v) is 1.76. The van der Waals surface area contributed by atoms with Gasteiger partial charge in [0, 0.05) is 6.42 Å². The Morgan fingerprint density at radius 2 is 1.75 bits per heavy atom. The summed E-state index contributed by atoms with van der Waals surface area (Å²) >= 11 is 0. The van der Waals surface area contributed by atoms with Crippen molar-refractivity contribution in [3.8, 4) is 11.5 Å². The van der Waals surface area contributed by atoms with E-state index in [0.29, 0.717) is 17.7 Å². The molecule has 0 unspecified atom stereocenters. The molecule has 0 spiro atoms. The molecule has 20 heavy (non-hydrogen) atoms. The summed E-state index contributed by atoms with van der Waals surface area (Å²) in [7, 11) is 0. The van der Waals surface area contributed by atoms with Gasteiger partial charge in [-0.25, -0.2) is 0 Å². The van der Waals surface area contributed by atoms with Crippen LogP contribution in [0.1, 0.15) is 11.1 Å². The fraction of sp³-hybridized carbons (Fsp3) is 0.200. The number of aromatic hydroxyl groups is 1. The zero-order valence-electron chi connectivity index (χ0n) is 10.5. The van der Waals surface area contributed by atoms with Gasteiger partial charge in [-0.05, 0) is 23.8 Å². The fourth-order valence-electron chi connectivity index (χ4n) is 1.76. The molecule has 106 valence electrons. The van der Waals surface area contributed by atoms with Crippen LogP contribution in [-0.2, 0) is 12.6 Å². The van der Waals surface area contributed by atoms with Crippen LogP contribution in [-0.4, -0.2) is 11.7 Å². The Hall–Kier alpha value is -2.17. The minimum atomic E-state index is -4.34.